The van der Waals surface area contributed by atoms with Crippen molar-refractivity contribution in [2.75, 3.05) is 13.1 Å². The molecule has 0 amide bonds. The minimum atomic E-state index is -3.45. The van der Waals surface area contributed by atoms with Crippen molar-refractivity contribution < 1.29 is 13.5 Å². The summed E-state index contributed by atoms with van der Waals surface area (Å²) < 4.78 is 26.8. The molecule has 6 heteroatoms. The van der Waals surface area contributed by atoms with Crippen LogP contribution in [-0.4, -0.2) is 30.9 Å². The van der Waals surface area contributed by atoms with Crippen molar-refractivity contribution in [3.63, 3.8) is 0 Å². The molecule has 1 saturated heterocycles. The highest BCUT2D eigenvalue weighted by atomic mass is 32.2. The van der Waals surface area contributed by atoms with Crippen molar-refractivity contribution in [3.05, 3.63) is 16.3 Å². The Morgan fingerprint density at radius 2 is 2.11 bits per heavy atom. The molecule has 1 aromatic rings. The fourth-order valence-corrected chi connectivity index (χ4v) is 5.20. The number of hydrogen-bond acceptors (Lipinski definition) is 4. The number of nitrogens with zero attached hydrogens (tertiary/aromatic N) is 1. The van der Waals surface area contributed by atoms with E-state index >= 15 is 0 Å². The van der Waals surface area contributed by atoms with E-state index in [9.17, 15) is 13.5 Å². The van der Waals surface area contributed by atoms with Crippen LogP contribution in [0.3, 0.4) is 0 Å². The molecular formula is C13H21NO3S2. The molecule has 0 bridgehead atoms. The minimum Gasteiger partial charge on any atom is -0.391 e. The molecule has 1 fully saturated rings. The van der Waals surface area contributed by atoms with E-state index in [0.29, 0.717) is 18.0 Å². The number of thiophene rings is 1. The molecule has 0 saturated carbocycles. The van der Waals surface area contributed by atoms with E-state index in [1.807, 2.05) is 0 Å². The van der Waals surface area contributed by atoms with Crippen LogP contribution < -0.4 is 0 Å². The highest BCUT2D eigenvalue weighted by Crippen LogP contribution is 2.33. The summed E-state index contributed by atoms with van der Waals surface area (Å²) >= 11 is 1.29. The topological polar surface area (TPSA) is 57.6 Å². The minimum absolute atomic E-state index is 0.207. The van der Waals surface area contributed by atoms with Crippen molar-refractivity contribution in [2.45, 2.75) is 44.6 Å². The zero-order valence-electron chi connectivity index (χ0n) is 11.4. The maximum atomic E-state index is 12.6. The van der Waals surface area contributed by atoms with Gasteiger partial charge in [0.2, 0.25) is 10.0 Å². The summed E-state index contributed by atoms with van der Waals surface area (Å²) in [5.74, 6) is 0. The number of sulfonamides is 1. The van der Waals surface area contributed by atoms with E-state index in [4.69, 9.17) is 0 Å². The number of hydrogen-bond donors (Lipinski definition) is 1. The fourth-order valence-electron chi connectivity index (χ4n) is 2.45. The first-order valence-electron chi connectivity index (χ1n) is 6.54. The lowest BCUT2D eigenvalue weighted by Crippen LogP contribution is -2.32. The summed E-state index contributed by atoms with van der Waals surface area (Å²) in [4.78, 5) is 0.809. The molecule has 4 nitrogen and oxygen atoms in total. The lowest BCUT2D eigenvalue weighted by atomic mass is 9.85. The summed E-state index contributed by atoms with van der Waals surface area (Å²) in [6, 6.07) is 1.60. The Balaban J connectivity index is 2.25. The summed E-state index contributed by atoms with van der Waals surface area (Å²) in [6.45, 7) is 5.30. The van der Waals surface area contributed by atoms with Gasteiger partial charge >= 0.3 is 0 Å². The Bertz CT molecular complexity index is 534. The van der Waals surface area contributed by atoms with Crippen LogP contribution in [-0.2, 0) is 16.6 Å². The summed E-state index contributed by atoms with van der Waals surface area (Å²) in [5.41, 5.74) is 0.207. The van der Waals surface area contributed by atoms with Gasteiger partial charge in [0, 0.05) is 18.0 Å². The average molecular weight is 303 g/mol. The first-order chi connectivity index (χ1) is 8.87. The summed E-state index contributed by atoms with van der Waals surface area (Å²) in [5, 5.41) is 11.0. The van der Waals surface area contributed by atoms with Gasteiger partial charge in [0.25, 0.3) is 0 Å². The van der Waals surface area contributed by atoms with Gasteiger partial charge in [0.1, 0.15) is 0 Å². The monoisotopic (exact) mass is 303 g/mol. The third-order valence-electron chi connectivity index (χ3n) is 3.77. The van der Waals surface area contributed by atoms with Gasteiger partial charge in [-0.1, -0.05) is 13.8 Å². The van der Waals surface area contributed by atoms with Crippen molar-refractivity contribution in [1.29, 1.82) is 0 Å². The molecule has 108 valence electrons. The van der Waals surface area contributed by atoms with Gasteiger partial charge < -0.3 is 5.11 Å². The Kier molecular flexibility index (Phi) is 4.35. The zero-order valence-corrected chi connectivity index (χ0v) is 13.1. The Labute approximate surface area is 119 Å². The molecule has 1 aliphatic heterocycles. The van der Waals surface area contributed by atoms with E-state index in [0.717, 1.165) is 19.3 Å². The molecule has 1 N–H and O–H groups in total. The summed E-state index contributed by atoms with van der Waals surface area (Å²) in [7, 11) is -3.45. The maximum absolute atomic E-state index is 12.6. The Morgan fingerprint density at radius 3 is 2.79 bits per heavy atom. The molecular weight excluding hydrogens is 282 g/mol. The molecule has 2 rings (SSSR count). The van der Waals surface area contributed by atoms with Crippen LogP contribution in [0, 0.1) is 5.41 Å². The van der Waals surface area contributed by atoms with E-state index in [-0.39, 0.29) is 16.9 Å². The highest BCUT2D eigenvalue weighted by Gasteiger charge is 2.31. The number of rotatable bonds is 3. The third kappa shape index (κ3) is 3.18. The molecule has 0 atom stereocenters. The van der Waals surface area contributed by atoms with Gasteiger partial charge in [0.05, 0.1) is 11.5 Å². The lowest BCUT2D eigenvalue weighted by Gasteiger charge is -2.23. The fraction of sp³-hybridized carbons (Fsp3) is 0.692. The average Bonchev–Trinajstić information content (AvgIpc) is 2.74. The third-order valence-corrected chi connectivity index (χ3v) is 6.78. The van der Waals surface area contributed by atoms with Gasteiger partial charge in [-0.2, -0.15) is 4.31 Å². The van der Waals surface area contributed by atoms with Crippen LogP contribution in [0.25, 0.3) is 0 Å². The van der Waals surface area contributed by atoms with Crippen LogP contribution in [0.5, 0.6) is 0 Å². The second kappa shape index (κ2) is 5.52. The Hall–Kier alpha value is -0.430. The van der Waals surface area contributed by atoms with Gasteiger partial charge in [-0.3, -0.25) is 0 Å². The van der Waals surface area contributed by atoms with Gasteiger partial charge in [0.15, 0.2) is 0 Å². The molecule has 19 heavy (non-hydrogen) atoms. The predicted octanol–water partition coefficient (Wildman–Crippen LogP) is 2.44. The first kappa shape index (κ1) is 15.0. The molecule has 2 heterocycles. The molecule has 0 aromatic carbocycles. The molecule has 0 aliphatic carbocycles. The lowest BCUT2D eigenvalue weighted by molar-refractivity contribution is 0.282. The van der Waals surface area contributed by atoms with E-state index in [1.54, 1.807) is 15.8 Å². The molecule has 0 unspecified atom stereocenters. The van der Waals surface area contributed by atoms with Gasteiger partial charge in [-0.05, 0) is 36.1 Å². The van der Waals surface area contributed by atoms with Crippen molar-refractivity contribution in [1.82, 2.24) is 4.31 Å². The zero-order chi connectivity index (χ0) is 14.1. The van der Waals surface area contributed by atoms with Crippen LogP contribution >= 0.6 is 11.3 Å². The molecule has 1 aromatic heterocycles. The maximum Gasteiger partial charge on any atom is 0.244 e. The second-order valence-corrected chi connectivity index (χ2v) is 8.70. The smallest absolute Gasteiger partial charge is 0.244 e. The Morgan fingerprint density at radius 1 is 1.37 bits per heavy atom. The van der Waals surface area contributed by atoms with Crippen LogP contribution in [0.4, 0.5) is 0 Å². The molecule has 0 spiro atoms. The second-order valence-electron chi connectivity index (χ2n) is 5.79. The van der Waals surface area contributed by atoms with E-state index in [2.05, 4.69) is 13.8 Å². The number of aliphatic hydroxyl groups excluding tert-OH is 1. The van der Waals surface area contributed by atoms with E-state index < -0.39 is 10.0 Å². The number of aliphatic hydroxyl groups is 1. The van der Waals surface area contributed by atoms with Gasteiger partial charge in [-0.25, -0.2) is 8.42 Å². The van der Waals surface area contributed by atoms with Crippen molar-refractivity contribution >= 4 is 21.4 Å². The largest absolute Gasteiger partial charge is 0.391 e. The first-order valence-corrected chi connectivity index (χ1v) is 8.86. The molecule has 1 aliphatic rings. The predicted molar refractivity (Wildman–Crippen MR) is 76.6 cm³/mol. The van der Waals surface area contributed by atoms with Crippen molar-refractivity contribution in [3.8, 4) is 0 Å². The van der Waals surface area contributed by atoms with Crippen LogP contribution in [0.15, 0.2) is 16.3 Å². The standard InChI is InChI=1S/C13H21NO3S2/c1-13(2)5-3-7-14(8-6-13)19(16,17)12-4-9-18-11(12)10-15/h4,9,15H,3,5-8,10H2,1-2H3. The van der Waals surface area contributed by atoms with Crippen LogP contribution in [0.2, 0.25) is 0 Å². The van der Waals surface area contributed by atoms with Crippen molar-refractivity contribution in [2.24, 2.45) is 5.41 Å². The quantitative estimate of drug-likeness (QED) is 0.933. The normalized spacial score (nSPS) is 21.2. The van der Waals surface area contributed by atoms with Gasteiger partial charge in [-0.15, -0.1) is 11.3 Å². The molecule has 0 radical (unpaired) electrons. The van der Waals surface area contributed by atoms with Crippen LogP contribution in [0.1, 0.15) is 38.0 Å². The highest BCUT2D eigenvalue weighted by molar-refractivity contribution is 7.89. The van der Waals surface area contributed by atoms with E-state index in [1.165, 1.54) is 11.3 Å². The summed E-state index contributed by atoms with van der Waals surface area (Å²) in [6.07, 6.45) is 2.82. The SMILES string of the molecule is CC1(C)CCCN(S(=O)(=O)c2ccsc2CO)CC1.